The van der Waals surface area contributed by atoms with Gasteiger partial charge in [-0.15, -0.1) is 0 Å². The van der Waals surface area contributed by atoms with Crippen LogP contribution in [-0.4, -0.2) is 19.5 Å². The van der Waals surface area contributed by atoms with Crippen molar-refractivity contribution in [3.05, 3.63) is 170 Å². The van der Waals surface area contributed by atoms with Crippen LogP contribution < -0.4 is 0 Å². The van der Waals surface area contributed by atoms with Crippen LogP contribution in [0, 0.1) is 0 Å². The van der Waals surface area contributed by atoms with Crippen molar-refractivity contribution in [2.24, 2.45) is 0 Å². The number of aromatic nitrogens is 4. The standard InChI is InChI=1S/C49H28N4O2/c1-2-13-30(14-3-1)47-50-48(37-19-10-15-29-12-4-5-16-32(29)37)52-49(51-47)39-20-11-23-42-44(39)38-25-24-31(28-43(38)54-42)53-40-21-8-6-17-33(40)35-26-27-36-34-18-7-9-22-41(34)55-46(36)45(35)53/h1-28H. The topological polar surface area (TPSA) is 69.9 Å². The SMILES string of the molecule is c1ccc(-c2nc(-c3cccc4ccccc34)nc(-c3cccc4oc5cc(-n6c7ccccc7c7ccc8c9ccccc9oc8c76)ccc5c34)n2)cc1. The fraction of sp³-hybridized carbons (Fsp3) is 0. The van der Waals surface area contributed by atoms with Crippen molar-refractivity contribution >= 4 is 76.5 Å². The Balaban J connectivity index is 1.09. The maximum absolute atomic E-state index is 6.69. The zero-order valence-electron chi connectivity index (χ0n) is 29.3. The van der Waals surface area contributed by atoms with Gasteiger partial charge in [-0.1, -0.05) is 127 Å². The third-order valence-electron chi connectivity index (χ3n) is 10.9. The number of para-hydroxylation sites is 2. The van der Waals surface area contributed by atoms with E-state index in [0.717, 1.165) is 98.8 Å². The molecule has 0 saturated heterocycles. The summed E-state index contributed by atoms with van der Waals surface area (Å²) in [6, 6.07) is 58.4. The van der Waals surface area contributed by atoms with Crippen molar-refractivity contribution in [2.45, 2.75) is 0 Å². The van der Waals surface area contributed by atoms with Gasteiger partial charge in [0.1, 0.15) is 16.7 Å². The lowest BCUT2D eigenvalue weighted by Crippen LogP contribution is -2.00. The van der Waals surface area contributed by atoms with Crippen LogP contribution in [-0.2, 0) is 0 Å². The second-order valence-electron chi connectivity index (χ2n) is 13.9. The van der Waals surface area contributed by atoms with Crippen molar-refractivity contribution in [3.63, 3.8) is 0 Å². The fourth-order valence-electron chi connectivity index (χ4n) is 8.39. The molecule has 4 heterocycles. The predicted molar refractivity (Wildman–Crippen MR) is 223 cm³/mol. The summed E-state index contributed by atoms with van der Waals surface area (Å²) in [5.41, 5.74) is 9.15. The lowest BCUT2D eigenvalue weighted by molar-refractivity contribution is 0.668. The molecule has 0 N–H and O–H groups in total. The van der Waals surface area contributed by atoms with Gasteiger partial charge in [0.2, 0.25) is 0 Å². The van der Waals surface area contributed by atoms with Crippen LogP contribution in [0.25, 0.3) is 116 Å². The van der Waals surface area contributed by atoms with E-state index in [2.05, 4.69) is 120 Å². The normalized spacial score (nSPS) is 12.0. The van der Waals surface area contributed by atoms with Crippen LogP contribution in [0.3, 0.4) is 0 Å². The molecule has 256 valence electrons. The molecule has 0 atom stereocenters. The molecular weight excluding hydrogens is 677 g/mol. The van der Waals surface area contributed by atoms with Gasteiger partial charge in [-0.2, -0.15) is 0 Å². The van der Waals surface area contributed by atoms with Crippen LogP contribution in [0.15, 0.2) is 179 Å². The molecule has 4 aromatic heterocycles. The van der Waals surface area contributed by atoms with E-state index in [1.165, 1.54) is 0 Å². The summed E-state index contributed by atoms with van der Waals surface area (Å²) in [6.07, 6.45) is 0. The number of fused-ring (bicyclic) bond motifs is 11. The first-order valence-corrected chi connectivity index (χ1v) is 18.4. The third kappa shape index (κ3) is 4.46. The van der Waals surface area contributed by atoms with E-state index >= 15 is 0 Å². The minimum atomic E-state index is 0.587. The molecule has 0 radical (unpaired) electrons. The van der Waals surface area contributed by atoms with Gasteiger partial charge in [-0.05, 0) is 47.2 Å². The van der Waals surface area contributed by atoms with E-state index < -0.39 is 0 Å². The van der Waals surface area contributed by atoms with E-state index in [-0.39, 0.29) is 0 Å². The molecule has 0 unspecified atom stereocenters. The molecule has 55 heavy (non-hydrogen) atoms. The number of hydrogen-bond acceptors (Lipinski definition) is 5. The van der Waals surface area contributed by atoms with Gasteiger partial charge in [0.25, 0.3) is 0 Å². The first-order chi connectivity index (χ1) is 27.3. The Bertz CT molecular complexity index is 3500. The molecule has 0 aliphatic heterocycles. The fourth-order valence-corrected chi connectivity index (χ4v) is 8.39. The highest BCUT2D eigenvalue weighted by Gasteiger charge is 2.22. The van der Waals surface area contributed by atoms with E-state index in [9.17, 15) is 0 Å². The highest BCUT2D eigenvalue weighted by molar-refractivity contribution is 6.21. The van der Waals surface area contributed by atoms with Crippen molar-refractivity contribution in [1.29, 1.82) is 0 Å². The number of benzene rings is 8. The predicted octanol–water partition coefficient (Wildman–Crippen LogP) is 12.9. The van der Waals surface area contributed by atoms with Gasteiger partial charge in [0.15, 0.2) is 23.1 Å². The Morgan fingerprint density at radius 1 is 0.400 bits per heavy atom. The highest BCUT2D eigenvalue weighted by atomic mass is 16.3. The van der Waals surface area contributed by atoms with Gasteiger partial charge in [-0.3, -0.25) is 0 Å². The Morgan fingerprint density at radius 2 is 1.05 bits per heavy atom. The Labute approximate surface area is 313 Å². The monoisotopic (exact) mass is 704 g/mol. The van der Waals surface area contributed by atoms with Gasteiger partial charge in [0, 0.05) is 55.1 Å². The minimum absolute atomic E-state index is 0.587. The molecular formula is C49H28N4O2. The molecule has 0 aliphatic rings. The van der Waals surface area contributed by atoms with Crippen LogP contribution in [0.2, 0.25) is 0 Å². The molecule has 0 bridgehead atoms. The van der Waals surface area contributed by atoms with E-state index in [1.54, 1.807) is 0 Å². The van der Waals surface area contributed by atoms with Gasteiger partial charge in [0.05, 0.1) is 16.7 Å². The van der Waals surface area contributed by atoms with Gasteiger partial charge in [-0.25, -0.2) is 15.0 Å². The second kappa shape index (κ2) is 11.5. The van der Waals surface area contributed by atoms with Crippen molar-refractivity contribution in [2.75, 3.05) is 0 Å². The van der Waals surface area contributed by atoms with Crippen molar-refractivity contribution in [3.8, 4) is 39.9 Å². The second-order valence-corrected chi connectivity index (χ2v) is 13.9. The lowest BCUT2D eigenvalue weighted by Gasteiger charge is -2.11. The molecule has 6 heteroatoms. The maximum atomic E-state index is 6.69. The average Bonchev–Trinajstić information content (AvgIpc) is 3.93. The van der Waals surface area contributed by atoms with Crippen LogP contribution in [0.4, 0.5) is 0 Å². The van der Waals surface area contributed by atoms with Gasteiger partial charge >= 0.3 is 0 Å². The molecule has 0 fully saturated rings. The Kier molecular flexibility index (Phi) is 6.24. The van der Waals surface area contributed by atoms with E-state index in [1.807, 2.05) is 54.6 Å². The molecule has 0 spiro atoms. The highest BCUT2D eigenvalue weighted by Crippen LogP contribution is 2.42. The molecule has 12 rings (SSSR count). The summed E-state index contributed by atoms with van der Waals surface area (Å²) in [5.74, 6) is 1.82. The van der Waals surface area contributed by atoms with E-state index in [0.29, 0.717) is 17.5 Å². The van der Waals surface area contributed by atoms with Crippen LogP contribution >= 0.6 is 0 Å². The summed E-state index contributed by atoms with van der Waals surface area (Å²) in [7, 11) is 0. The molecule has 8 aromatic carbocycles. The third-order valence-corrected chi connectivity index (χ3v) is 10.9. The summed E-state index contributed by atoms with van der Waals surface area (Å²) in [5, 5.41) is 8.66. The summed E-state index contributed by atoms with van der Waals surface area (Å²) in [4.78, 5) is 15.3. The largest absolute Gasteiger partial charge is 0.456 e. The molecule has 12 aromatic rings. The zero-order valence-corrected chi connectivity index (χ0v) is 29.3. The first kappa shape index (κ1) is 29.9. The number of hydrogen-bond donors (Lipinski definition) is 0. The molecule has 0 amide bonds. The lowest BCUT2D eigenvalue weighted by atomic mass is 10.0. The number of furan rings is 2. The summed E-state index contributed by atoms with van der Waals surface area (Å²) < 4.78 is 15.6. The van der Waals surface area contributed by atoms with Crippen molar-refractivity contribution in [1.82, 2.24) is 19.5 Å². The average molecular weight is 705 g/mol. The molecule has 0 aliphatic carbocycles. The Hall–Kier alpha value is -7.57. The zero-order chi connectivity index (χ0) is 36.0. The summed E-state index contributed by atoms with van der Waals surface area (Å²) in [6.45, 7) is 0. The maximum Gasteiger partial charge on any atom is 0.164 e. The Morgan fingerprint density at radius 3 is 1.96 bits per heavy atom. The number of rotatable bonds is 4. The molecule has 0 saturated carbocycles. The van der Waals surface area contributed by atoms with E-state index in [4.69, 9.17) is 23.8 Å². The van der Waals surface area contributed by atoms with Crippen molar-refractivity contribution < 1.29 is 8.83 Å². The molecule has 6 nitrogen and oxygen atoms in total. The summed E-state index contributed by atoms with van der Waals surface area (Å²) >= 11 is 0. The van der Waals surface area contributed by atoms with Gasteiger partial charge < -0.3 is 13.4 Å². The minimum Gasteiger partial charge on any atom is -0.456 e. The number of nitrogens with zero attached hydrogens (tertiary/aromatic N) is 4. The first-order valence-electron chi connectivity index (χ1n) is 18.4. The quantitative estimate of drug-likeness (QED) is 0.182. The van der Waals surface area contributed by atoms with Crippen LogP contribution in [0.1, 0.15) is 0 Å². The van der Waals surface area contributed by atoms with Crippen LogP contribution in [0.5, 0.6) is 0 Å². The smallest absolute Gasteiger partial charge is 0.164 e.